The number of hydrogen-bond donors (Lipinski definition) is 1. The zero-order valence-electron chi connectivity index (χ0n) is 18.4. The molecule has 5 aromatic rings. The van der Waals surface area contributed by atoms with Crippen LogP contribution < -0.4 is 10.9 Å². The summed E-state index contributed by atoms with van der Waals surface area (Å²) in [7, 11) is 0. The lowest BCUT2D eigenvalue weighted by Gasteiger charge is -2.13. The predicted molar refractivity (Wildman–Crippen MR) is 131 cm³/mol. The van der Waals surface area contributed by atoms with Crippen LogP contribution in [0.15, 0.2) is 76.7 Å². The van der Waals surface area contributed by atoms with Crippen LogP contribution in [-0.2, 0) is 4.79 Å². The minimum Gasteiger partial charge on any atom is -0.325 e. The Morgan fingerprint density at radius 1 is 1.00 bits per heavy atom. The second kappa shape index (κ2) is 8.75. The smallest absolute Gasteiger partial charge is 0.267 e. The molecule has 0 fully saturated rings. The number of anilines is 1. The minimum absolute atomic E-state index is 0.0358. The molecule has 9 heteroatoms. The summed E-state index contributed by atoms with van der Waals surface area (Å²) in [6.45, 7) is 3.59. The Labute approximate surface area is 198 Å². The van der Waals surface area contributed by atoms with E-state index in [1.54, 1.807) is 34.1 Å². The SMILES string of the molecule is Cc1ccc(NC(=O)CSc2nnc3n(-c4ccccc4C)c(=O)c4ccccc4n23)cc1F. The summed E-state index contributed by atoms with van der Waals surface area (Å²) < 4.78 is 17.1. The highest BCUT2D eigenvalue weighted by Gasteiger charge is 2.19. The Kier molecular flexibility index (Phi) is 5.62. The number of amides is 1. The number of fused-ring (bicyclic) bond motifs is 3. The van der Waals surface area contributed by atoms with Crippen molar-refractivity contribution in [1.29, 1.82) is 0 Å². The highest BCUT2D eigenvalue weighted by molar-refractivity contribution is 7.99. The van der Waals surface area contributed by atoms with Gasteiger partial charge in [0, 0.05) is 5.69 Å². The number of rotatable bonds is 5. The van der Waals surface area contributed by atoms with Crippen molar-refractivity contribution in [2.75, 3.05) is 11.1 Å². The van der Waals surface area contributed by atoms with E-state index in [1.807, 2.05) is 49.4 Å². The number of nitrogens with one attached hydrogen (secondary N) is 1. The van der Waals surface area contributed by atoms with E-state index in [9.17, 15) is 14.0 Å². The molecule has 5 rings (SSSR count). The molecule has 0 aliphatic heterocycles. The molecular weight excluding hydrogens is 453 g/mol. The van der Waals surface area contributed by atoms with E-state index in [-0.39, 0.29) is 23.0 Å². The molecule has 1 N–H and O–H groups in total. The Morgan fingerprint density at radius 2 is 1.76 bits per heavy atom. The Hall–Kier alpha value is -3.98. The van der Waals surface area contributed by atoms with Gasteiger partial charge < -0.3 is 5.32 Å². The number of hydrogen-bond acceptors (Lipinski definition) is 5. The van der Waals surface area contributed by atoms with Crippen molar-refractivity contribution in [2.45, 2.75) is 19.0 Å². The van der Waals surface area contributed by atoms with Crippen molar-refractivity contribution in [3.8, 4) is 5.69 Å². The highest BCUT2D eigenvalue weighted by Crippen LogP contribution is 2.24. The standard InChI is InChI=1S/C25H20FN5O2S/c1-15-11-12-17(13-19(15)26)27-22(32)14-34-25-29-28-24-30(20-9-5-3-7-16(20)2)23(33)18-8-4-6-10-21(18)31(24)25/h3-13H,14H2,1-2H3,(H,27,32). The van der Waals surface area contributed by atoms with Crippen LogP contribution >= 0.6 is 11.8 Å². The monoisotopic (exact) mass is 473 g/mol. The first-order valence-corrected chi connectivity index (χ1v) is 11.6. The van der Waals surface area contributed by atoms with Gasteiger partial charge in [-0.2, -0.15) is 0 Å². The first-order chi connectivity index (χ1) is 16.4. The Bertz CT molecular complexity index is 1630. The summed E-state index contributed by atoms with van der Waals surface area (Å²) in [6, 6.07) is 19.4. The molecule has 0 atom stereocenters. The predicted octanol–water partition coefficient (Wildman–Crippen LogP) is 4.52. The van der Waals surface area contributed by atoms with Gasteiger partial charge >= 0.3 is 0 Å². The Balaban J connectivity index is 1.54. The van der Waals surface area contributed by atoms with E-state index in [2.05, 4.69) is 15.5 Å². The molecular formula is C25H20FN5O2S. The van der Waals surface area contributed by atoms with Crippen molar-refractivity contribution in [1.82, 2.24) is 19.2 Å². The normalized spacial score (nSPS) is 11.3. The van der Waals surface area contributed by atoms with Gasteiger partial charge in [-0.05, 0) is 55.3 Å². The third-order valence-corrected chi connectivity index (χ3v) is 6.47. The molecule has 0 saturated heterocycles. The van der Waals surface area contributed by atoms with Gasteiger partial charge in [0.2, 0.25) is 11.7 Å². The molecule has 0 spiro atoms. The van der Waals surface area contributed by atoms with E-state index >= 15 is 0 Å². The van der Waals surface area contributed by atoms with Crippen molar-refractivity contribution in [3.63, 3.8) is 0 Å². The number of thioether (sulfide) groups is 1. The molecule has 2 heterocycles. The fraction of sp³-hybridized carbons (Fsp3) is 0.120. The van der Waals surface area contributed by atoms with E-state index in [1.165, 1.54) is 17.8 Å². The van der Waals surface area contributed by atoms with Gasteiger partial charge in [-0.3, -0.25) is 14.0 Å². The fourth-order valence-electron chi connectivity index (χ4n) is 3.80. The molecule has 0 aliphatic rings. The summed E-state index contributed by atoms with van der Waals surface area (Å²) in [5.41, 5.74) is 2.99. The molecule has 0 radical (unpaired) electrons. The molecule has 1 amide bonds. The maximum absolute atomic E-state index is 13.8. The van der Waals surface area contributed by atoms with Crippen LogP contribution in [-0.4, -0.2) is 30.8 Å². The number of aryl methyl sites for hydroxylation is 2. The molecule has 34 heavy (non-hydrogen) atoms. The molecule has 2 aromatic heterocycles. The number of carbonyl (C=O) groups is 1. The van der Waals surface area contributed by atoms with Crippen molar-refractivity contribution in [2.24, 2.45) is 0 Å². The maximum Gasteiger partial charge on any atom is 0.267 e. The van der Waals surface area contributed by atoms with E-state index in [0.717, 1.165) is 5.56 Å². The Morgan fingerprint density at radius 3 is 2.56 bits per heavy atom. The van der Waals surface area contributed by atoms with Gasteiger partial charge in [-0.1, -0.05) is 48.2 Å². The van der Waals surface area contributed by atoms with Crippen molar-refractivity contribution in [3.05, 3.63) is 94.0 Å². The number of halogens is 1. The van der Waals surface area contributed by atoms with Crippen molar-refractivity contribution >= 4 is 40.0 Å². The van der Waals surface area contributed by atoms with Crippen LogP contribution in [0.2, 0.25) is 0 Å². The summed E-state index contributed by atoms with van der Waals surface area (Å²) in [4.78, 5) is 25.9. The van der Waals surface area contributed by atoms with Crippen LogP contribution in [0.5, 0.6) is 0 Å². The van der Waals surface area contributed by atoms with Gasteiger partial charge in [0.15, 0.2) is 5.16 Å². The van der Waals surface area contributed by atoms with Gasteiger partial charge in [0.25, 0.3) is 5.56 Å². The number of nitrogens with zero attached hydrogens (tertiary/aromatic N) is 4. The summed E-state index contributed by atoms with van der Waals surface area (Å²) in [5, 5.41) is 12.3. The van der Waals surface area contributed by atoms with Gasteiger partial charge in [-0.15, -0.1) is 10.2 Å². The van der Waals surface area contributed by atoms with Crippen molar-refractivity contribution < 1.29 is 9.18 Å². The number of benzene rings is 3. The molecule has 0 saturated carbocycles. The maximum atomic E-state index is 13.8. The minimum atomic E-state index is -0.380. The van der Waals surface area contributed by atoms with Crippen LogP contribution in [0.3, 0.4) is 0 Å². The lowest BCUT2D eigenvalue weighted by molar-refractivity contribution is -0.113. The molecule has 3 aromatic carbocycles. The highest BCUT2D eigenvalue weighted by atomic mass is 32.2. The van der Waals surface area contributed by atoms with Gasteiger partial charge in [0.05, 0.1) is 22.3 Å². The third-order valence-electron chi connectivity index (χ3n) is 5.54. The summed E-state index contributed by atoms with van der Waals surface area (Å²) in [6.07, 6.45) is 0. The first-order valence-electron chi connectivity index (χ1n) is 10.6. The van der Waals surface area contributed by atoms with Gasteiger partial charge in [-0.25, -0.2) is 8.96 Å². The van der Waals surface area contributed by atoms with E-state index in [0.29, 0.717) is 38.8 Å². The van der Waals surface area contributed by atoms with Gasteiger partial charge in [0.1, 0.15) is 5.82 Å². The quantitative estimate of drug-likeness (QED) is 0.380. The summed E-state index contributed by atoms with van der Waals surface area (Å²) in [5.74, 6) is -0.286. The van der Waals surface area contributed by atoms with E-state index < -0.39 is 0 Å². The molecule has 170 valence electrons. The summed E-state index contributed by atoms with van der Waals surface area (Å²) >= 11 is 1.19. The number of aromatic nitrogens is 4. The van der Waals surface area contributed by atoms with Crippen LogP contribution in [0.1, 0.15) is 11.1 Å². The number of carbonyl (C=O) groups excluding carboxylic acids is 1. The molecule has 0 aliphatic carbocycles. The average Bonchev–Trinajstić information content (AvgIpc) is 3.25. The fourth-order valence-corrected chi connectivity index (χ4v) is 4.54. The molecule has 7 nitrogen and oxygen atoms in total. The number of para-hydroxylation sites is 2. The zero-order valence-corrected chi connectivity index (χ0v) is 19.3. The lowest BCUT2D eigenvalue weighted by Crippen LogP contribution is -2.22. The van der Waals surface area contributed by atoms with Crippen LogP contribution in [0, 0.1) is 19.7 Å². The molecule has 0 unspecified atom stereocenters. The van der Waals surface area contributed by atoms with Crippen LogP contribution in [0.25, 0.3) is 22.4 Å². The molecule has 0 bridgehead atoms. The van der Waals surface area contributed by atoms with E-state index in [4.69, 9.17) is 0 Å². The third kappa shape index (κ3) is 3.84. The largest absolute Gasteiger partial charge is 0.325 e. The lowest BCUT2D eigenvalue weighted by atomic mass is 10.2. The second-order valence-corrected chi connectivity index (χ2v) is 8.81. The average molecular weight is 474 g/mol. The van der Waals surface area contributed by atoms with Crippen LogP contribution in [0.4, 0.5) is 10.1 Å². The first kappa shape index (κ1) is 21.8. The second-order valence-electron chi connectivity index (χ2n) is 7.86. The zero-order chi connectivity index (χ0) is 23.8. The topological polar surface area (TPSA) is 81.3 Å².